The summed E-state index contributed by atoms with van der Waals surface area (Å²) in [4.78, 5) is 4.04. The van der Waals surface area contributed by atoms with Gasteiger partial charge in [0.05, 0.1) is 6.20 Å². The second-order valence-corrected chi connectivity index (χ2v) is 2.88. The van der Waals surface area contributed by atoms with Crippen molar-refractivity contribution >= 4 is 0 Å². The summed E-state index contributed by atoms with van der Waals surface area (Å²) in [6, 6.07) is 3.59. The molecule has 0 spiro atoms. The average molecular weight is 166 g/mol. The zero-order valence-electron chi connectivity index (χ0n) is 7.20. The van der Waals surface area contributed by atoms with E-state index in [2.05, 4.69) is 4.98 Å². The molecular formula is C9H14N2O. The minimum absolute atomic E-state index is 0.169. The molecule has 0 aliphatic heterocycles. The monoisotopic (exact) mass is 166 g/mol. The van der Waals surface area contributed by atoms with Crippen molar-refractivity contribution in [1.82, 2.24) is 4.98 Å². The first kappa shape index (κ1) is 9.00. The molecule has 0 amide bonds. The highest BCUT2D eigenvalue weighted by molar-refractivity contribution is 5.18. The lowest BCUT2D eigenvalue weighted by atomic mass is 10.1. The summed E-state index contributed by atoms with van der Waals surface area (Å²) in [5, 5.41) is 8.95. The topological polar surface area (TPSA) is 59.1 Å². The van der Waals surface area contributed by atoms with E-state index < -0.39 is 0 Å². The van der Waals surface area contributed by atoms with E-state index in [-0.39, 0.29) is 11.8 Å². The molecule has 3 N–H and O–H groups in total. The molecule has 1 unspecified atom stereocenters. The van der Waals surface area contributed by atoms with E-state index in [9.17, 15) is 0 Å². The van der Waals surface area contributed by atoms with Gasteiger partial charge in [-0.25, -0.2) is 0 Å². The fourth-order valence-electron chi connectivity index (χ4n) is 0.950. The van der Waals surface area contributed by atoms with Crippen molar-refractivity contribution in [2.75, 3.05) is 0 Å². The maximum absolute atomic E-state index is 8.95. The van der Waals surface area contributed by atoms with Crippen LogP contribution >= 0.6 is 0 Å². The number of aromatic nitrogens is 1. The van der Waals surface area contributed by atoms with Gasteiger partial charge in [-0.15, -0.1) is 0 Å². The summed E-state index contributed by atoms with van der Waals surface area (Å²) in [7, 11) is 0. The number of nitrogens with two attached hydrogens (primary N) is 1. The van der Waals surface area contributed by atoms with Crippen LogP contribution in [0.2, 0.25) is 0 Å². The first-order valence-corrected chi connectivity index (χ1v) is 4.12. The molecule has 1 aromatic rings. The Balaban J connectivity index is 2.58. The number of hydrogen-bond donors (Lipinski definition) is 2. The molecule has 12 heavy (non-hydrogen) atoms. The van der Waals surface area contributed by atoms with E-state index in [1.54, 1.807) is 12.1 Å². The zero-order valence-corrected chi connectivity index (χ0v) is 7.20. The third-order valence-electron chi connectivity index (χ3n) is 1.80. The van der Waals surface area contributed by atoms with Crippen LogP contribution in [-0.2, 0) is 6.42 Å². The molecule has 0 aliphatic rings. The molecule has 0 aliphatic carbocycles. The minimum Gasteiger partial charge on any atom is -0.506 e. The Morgan fingerprint density at radius 3 is 2.83 bits per heavy atom. The standard InChI is InChI=1S/C9H14N2O/c1-2-7(10)5-8-3-4-9(12)6-11-8/h3-4,6-7,12H,2,5,10H2,1H3. The van der Waals surface area contributed by atoms with Gasteiger partial charge < -0.3 is 10.8 Å². The second kappa shape index (κ2) is 4.07. The van der Waals surface area contributed by atoms with Crippen LogP contribution in [0.15, 0.2) is 18.3 Å². The summed E-state index contributed by atoms with van der Waals surface area (Å²) in [6.45, 7) is 2.05. The summed E-state index contributed by atoms with van der Waals surface area (Å²) in [5.41, 5.74) is 6.67. The maximum Gasteiger partial charge on any atom is 0.133 e. The molecule has 3 heteroatoms. The molecule has 1 rings (SSSR count). The maximum atomic E-state index is 8.95. The molecule has 1 heterocycles. The third-order valence-corrected chi connectivity index (χ3v) is 1.80. The van der Waals surface area contributed by atoms with Crippen LogP contribution in [0.3, 0.4) is 0 Å². The summed E-state index contributed by atoms with van der Waals surface area (Å²) in [5.74, 6) is 0.198. The lowest BCUT2D eigenvalue weighted by molar-refractivity contribution is 0.471. The molecule has 0 fully saturated rings. The van der Waals surface area contributed by atoms with E-state index in [0.717, 1.165) is 18.5 Å². The van der Waals surface area contributed by atoms with Gasteiger partial charge in [-0.05, 0) is 18.6 Å². The Labute approximate surface area is 72.2 Å². The Kier molecular flexibility index (Phi) is 3.05. The van der Waals surface area contributed by atoms with Crippen LogP contribution in [0.1, 0.15) is 19.0 Å². The van der Waals surface area contributed by atoms with Crippen molar-refractivity contribution in [1.29, 1.82) is 0 Å². The van der Waals surface area contributed by atoms with Gasteiger partial charge in [-0.3, -0.25) is 4.98 Å². The minimum atomic E-state index is 0.169. The van der Waals surface area contributed by atoms with Gasteiger partial charge in [-0.2, -0.15) is 0 Å². The molecule has 1 aromatic heterocycles. The molecule has 0 saturated carbocycles. The third kappa shape index (κ3) is 2.51. The average Bonchev–Trinajstić information content (AvgIpc) is 2.09. The highest BCUT2D eigenvalue weighted by atomic mass is 16.3. The van der Waals surface area contributed by atoms with Gasteiger partial charge in [0, 0.05) is 18.2 Å². The highest BCUT2D eigenvalue weighted by Crippen LogP contribution is 2.07. The van der Waals surface area contributed by atoms with Crippen molar-refractivity contribution in [3.8, 4) is 5.75 Å². The summed E-state index contributed by atoms with van der Waals surface area (Å²) < 4.78 is 0. The molecule has 0 saturated heterocycles. The van der Waals surface area contributed by atoms with E-state index in [4.69, 9.17) is 10.8 Å². The zero-order chi connectivity index (χ0) is 8.97. The van der Waals surface area contributed by atoms with Crippen molar-refractivity contribution in [3.63, 3.8) is 0 Å². The second-order valence-electron chi connectivity index (χ2n) is 2.88. The smallest absolute Gasteiger partial charge is 0.133 e. The Hall–Kier alpha value is -1.09. The molecule has 0 radical (unpaired) electrons. The van der Waals surface area contributed by atoms with Crippen LogP contribution in [0.4, 0.5) is 0 Å². The largest absolute Gasteiger partial charge is 0.506 e. The van der Waals surface area contributed by atoms with Crippen molar-refractivity contribution in [2.45, 2.75) is 25.8 Å². The van der Waals surface area contributed by atoms with Crippen LogP contribution in [0.25, 0.3) is 0 Å². The van der Waals surface area contributed by atoms with Crippen LogP contribution < -0.4 is 5.73 Å². The molecule has 3 nitrogen and oxygen atoms in total. The lowest BCUT2D eigenvalue weighted by Gasteiger charge is -2.06. The Morgan fingerprint density at radius 2 is 2.33 bits per heavy atom. The highest BCUT2D eigenvalue weighted by Gasteiger charge is 2.01. The van der Waals surface area contributed by atoms with Crippen molar-refractivity contribution < 1.29 is 5.11 Å². The Morgan fingerprint density at radius 1 is 1.58 bits per heavy atom. The lowest BCUT2D eigenvalue weighted by Crippen LogP contribution is -2.21. The normalized spacial score (nSPS) is 12.8. The van der Waals surface area contributed by atoms with E-state index in [0.29, 0.717) is 0 Å². The quantitative estimate of drug-likeness (QED) is 0.706. The van der Waals surface area contributed by atoms with Gasteiger partial charge in [-0.1, -0.05) is 6.92 Å². The van der Waals surface area contributed by atoms with Crippen LogP contribution in [0, 0.1) is 0 Å². The van der Waals surface area contributed by atoms with Gasteiger partial charge in [0.15, 0.2) is 0 Å². The van der Waals surface area contributed by atoms with Crippen LogP contribution in [0.5, 0.6) is 5.75 Å². The SMILES string of the molecule is CCC(N)Cc1ccc(O)cn1. The number of rotatable bonds is 3. The molecule has 0 aromatic carbocycles. The molecular weight excluding hydrogens is 152 g/mol. The predicted molar refractivity (Wildman–Crippen MR) is 47.9 cm³/mol. The molecule has 1 atom stereocenters. The summed E-state index contributed by atoms with van der Waals surface area (Å²) in [6.07, 6.45) is 3.16. The van der Waals surface area contributed by atoms with Gasteiger partial charge in [0.2, 0.25) is 0 Å². The van der Waals surface area contributed by atoms with Gasteiger partial charge in [0.25, 0.3) is 0 Å². The Bertz CT molecular complexity index is 233. The number of hydrogen-bond acceptors (Lipinski definition) is 3. The van der Waals surface area contributed by atoms with E-state index >= 15 is 0 Å². The number of aromatic hydroxyl groups is 1. The molecule has 66 valence electrons. The summed E-state index contributed by atoms with van der Waals surface area (Å²) >= 11 is 0. The molecule has 0 bridgehead atoms. The number of pyridine rings is 1. The first-order valence-electron chi connectivity index (χ1n) is 4.12. The van der Waals surface area contributed by atoms with E-state index in [1.807, 2.05) is 6.92 Å². The van der Waals surface area contributed by atoms with Crippen molar-refractivity contribution in [3.05, 3.63) is 24.0 Å². The number of nitrogens with zero attached hydrogens (tertiary/aromatic N) is 1. The fourth-order valence-corrected chi connectivity index (χ4v) is 0.950. The van der Waals surface area contributed by atoms with Crippen LogP contribution in [-0.4, -0.2) is 16.1 Å². The first-order chi connectivity index (χ1) is 5.72. The van der Waals surface area contributed by atoms with E-state index in [1.165, 1.54) is 6.20 Å². The fraction of sp³-hybridized carbons (Fsp3) is 0.444. The van der Waals surface area contributed by atoms with Crippen molar-refractivity contribution in [2.24, 2.45) is 5.73 Å². The van der Waals surface area contributed by atoms with Gasteiger partial charge in [0.1, 0.15) is 5.75 Å². The predicted octanol–water partition coefficient (Wildman–Crippen LogP) is 1.07. The van der Waals surface area contributed by atoms with Gasteiger partial charge >= 0.3 is 0 Å².